The molecule has 0 aliphatic heterocycles. The molecule has 1 aromatic carbocycles. The van der Waals surface area contributed by atoms with Gasteiger partial charge in [0.25, 0.3) is 0 Å². The van der Waals surface area contributed by atoms with Gasteiger partial charge in [-0.1, -0.05) is 36.4 Å². The Balaban J connectivity index is 1.21. The molecule has 25 heavy (non-hydrogen) atoms. The molecule has 7 heteroatoms. The number of carbonyl (C=O) groups is 1. The standard InChI is InChI=1S/C18H22N4O2S/c23-17(19-15-9-12-6-7-13(15)8-12)11-25-18-20-16(21-22-18)10-24-14-4-2-1-3-5-14/h1-5,12-13,15H,6-11H2,(H,19,23)(H,20,21,22). The zero-order valence-corrected chi connectivity index (χ0v) is 14.8. The molecule has 6 nitrogen and oxygen atoms in total. The largest absolute Gasteiger partial charge is 0.486 e. The van der Waals surface area contributed by atoms with Crippen LogP contribution < -0.4 is 10.1 Å². The van der Waals surface area contributed by atoms with E-state index in [1.54, 1.807) is 0 Å². The average molecular weight is 358 g/mol. The number of H-pyrrole nitrogens is 1. The molecule has 3 unspecified atom stereocenters. The number of fused-ring (bicyclic) bond motifs is 2. The van der Waals surface area contributed by atoms with Gasteiger partial charge in [0.2, 0.25) is 11.1 Å². The summed E-state index contributed by atoms with van der Waals surface area (Å²) in [5.41, 5.74) is 0. The Morgan fingerprint density at radius 3 is 2.92 bits per heavy atom. The molecule has 2 aliphatic carbocycles. The maximum atomic E-state index is 12.1. The van der Waals surface area contributed by atoms with E-state index in [4.69, 9.17) is 4.74 Å². The van der Waals surface area contributed by atoms with Crippen molar-refractivity contribution < 1.29 is 9.53 Å². The van der Waals surface area contributed by atoms with Gasteiger partial charge in [0.1, 0.15) is 12.4 Å². The van der Waals surface area contributed by atoms with Crippen molar-refractivity contribution in [3.8, 4) is 5.75 Å². The first-order valence-corrected chi connectivity index (χ1v) is 9.76. The highest BCUT2D eigenvalue weighted by Crippen LogP contribution is 2.44. The van der Waals surface area contributed by atoms with Crippen molar-refractivity contribution in [2.45, 2.75) is 43.5 Å². The zero-order chi connectivity index (χ0) is 17.1. The molecule has 2 aromatic rings. The summed E-state index contributed by atoms with van der Waals surface area (Å²) >= 11 is 1.35. The van der Waals surface area contributed by atoms with Gasteiger partial charge in [-0.3, -0.25) is 9.89 Å². The third-order valence-electron chi connectivity index (χ3n) is 5.05. The van der Waals surface area contributed by atoms with Gasteiger partial charge in [0.05, 0.1) is 5.75 Å². The van der Waals surface area contributed by atoms with Crippen LogP contribution in [0.25, 0.3) is 0 Å². The minimum atomic E-state index is 0.0782. The minimum absolute atomic E-state index is 0.0782. The van der Waals surface area contributed by atoms with Crippen LogP contribution in [0, 0.1) is 11.8 Å². The van der Waals surface area contributed by atoms with E-state index in [9.17, 15) is 4.79 Å². The Bertz CT molecular complexity index is 721. The van der Waals surface area contributed by atoms with E-state index in [2.05, 4.69) is 20.5 Å². The number of nitrogens with one attached hydrogen (secondary N) is 2. The van der Waals surface area contributed by atoms with Crippen LogP contribution in [0.1, 0.15) is 31.5 Å². The summed E-state index contributed by atoms with van der Waals surface area (Å²) in [6.07, 6.45) is 5.07. The van der Waals surface area contributed by atoms with E-state index >= 15 is 0 Å². The molecule has 2 saturated carbocycles. The van der Waals surface area contributed by atoms with Crippen LogP contribution in [-0.4, -0.2) is 32.9 Å². The molecular weight excluding hydrogens is 336 g/mol. The quantitative estimate of drug-likeness (QED) is 0.744. The summed E-state index contributed by atoms with van der Waals surface area (Å²) in [6.45, 7) is 0.328. The fourth-order valence-corrected chi connectivity index (χ4v) is 4.50. The van der Waals surface area contributed by atoms with Crippen molar-refractivity contribution in [3.63, 3.8) is 0 Å². The highest BCUT2D eigenvalue weighted by Gasteiger charge is 2.39. The normalized spacial score (nSPS) is 24.4. The Morgan fingerprint density at radius 2 is 2.16 bits per heavy atom. The van der Waals surface area contributed by atoms with E-state index in [-0.39, 0.29) is 5.91 Å². The van der Waals surface area contributed by atoms with Gasteiger partial charge in [-0.05, 0) is 43.2 Å². The number of rotatable bonds is 7. The first-order chi connectivity index (χ1) is 12.3. The zero-order valence-electron chi connectivity index (χ0n) is 14.0. The minimum Gasteiger partial charge on any atom is -0.486 e. The monoisotopic (exact) mass is 358 g/mol. The van der Waals surface area contributed by atoms with E-state index in [0.717, 1.165) is 18.1 Å². The number of amides is 1. The number of para-hydroxylation sites is 1. The summed E-state index contributed by atoms with van der Waals surface area (Å²) in [4.78, 5) is 16.5. The molecule has 3 atom stereocenters. The molecule has 2 fully saturated rings. The van der Waals surface area contributed by atoms with Gasteiger partial charge in [0.15, 0.2) is 5.82 Å². The Kier molecular flexibility index (Phi) is 4.92. The summed E-state index contributed by atoms with van der Waals surface area (Å²) in [5, 5.41) is 10.8. The number of carbonyl (C=O) groups excluding carboxylic acids is 1. The number of nitrogens with zero attached hydrogens (tertiary/aromatic N) is 2. The van der Waals surface area contributed by atoms with Crippen LogP contribution in [0.2, 0.25) is 0 Å². The summed E-state index contributed by atoms with van der Waals surface area (Å²) in [5.74, 6) is 3.41. The van der Waals surface area contributed by atoms with Crippen LogP contribution in [0.15, 0.2) is 35.5 Å². The molecule has 4 rings (SSSR count). The molecule has 2 N–H and O–H groups in total. The maximum absolute atomic E-state index is 12.1. The predicted molar refractivity (Wildman–Crippen MR) is 95.3 cm³/mol. The van der Waals surface area contributed by atoms with Crippen molar-refractivity contribution >= 4 is 17.7 Å². The van der Waals surface area contributed by atoms with Gasteiger partial charge >= 0.3 is 0 Å². The highest BCUT2D eigenvalue weighted by molar-refractivity contribution is 7.99. The molecule has 1 heterocycles. The number of hydrogen-bond donors (Lipinski definition) is 2. The number of aromatic nitrogens is 3. The Morgan fingerprint density at radius 1 is 1.28 bits per heavy atom. The van der Waals surface area contributed by atoms with Crippen LogP contribution >= 0.6 is 11.8 Å². The van der Waals surface area contributed by atoms with Crippen LogP contribution in [0.5, 0.6) is 5.75 Å². The van der Waals surface area contributed by atoms with E-state index in [0.29, 0.717) is 35.3 Å². The van der Waals surface area contributed by atoms with E-state index in [1.165, 1.54) is 31.0 Å². The van der Waals surface area contributed by atoms with E-state index in [1.807, 2.05) is 30.3 Å². The lowest BCUT2D eigenvalue weighted by Gasteiger charge is -2.22. The van der Waals surface area contributed by atoms with E-state index < -0.39 is 0 Å². The lowest BCUT2D eigenvalue weighted by atomic mass is 9.95. The molecule has 2 aliphatic rings. The number of aromatic amines is 1. The number of benzene rings is 1. The summed E-state index contributed by atoms with van der Waals surface area (Å²) in [7, 11) is 0. The van der Waals surface area contributed by atoms with Crippen molar-refractivity contribution in [2.24, 2.45) is 11.8 Å². The molecule has 1 amide bonds. The Labute approximate surface area is 151 Å². The lowest BCUT2D eigenvalue weighted by molar-refractivity contribution is -0.119. The van der Waals surface area contributed by atoms with Gasteiger partial charge in [-0.2, -0.15) is 0 Å². The van der Waals surface area contributed by atoms with Crippen molar-refractivity contribution in [3.05, 3.63) is 36.2 Å². The van der Waals surface area contributed by atoms with Gasteiger partial charge < -0.3 is 10.1 Å². The topological polar surface area (TPSA) is 79.9 Å². The second-order valence-corrected chi connectivity index (χ2v) is 7.75. The molecule has 0 radical (unpaired) electrons. The second-order valence-electron chi connectivity index (χ2n) is 6.80. The lowest BCUT2D eigenvalue weighted by Crippen LogP contribution is -2.39. The van der Waals surface area contributed by atoms with Crippen molar-refractivity contribution in [1.29, 1.82) is 0 Å². The van der Waals surface area contributed by atoms with Crippen molar-refractivity contribution in [1.82, 2.24) is 20.5 Å². The smallest absolute Gasteiger partial charge is 0.230 e. The number of hydrogen-bond acceptors (Lipinski definition) is 5. The third-order valence-corrected chi connectivity index (χ3v) is 5.89. The predicted octanol–water partition coefficient (Wildman–Crippen LogP) is 2.78. The molecule has 2 bridgehead atoms. The fraction of sp³-hybridized carbons (Fsp3) is 0.500. The molecular formula is C18H22N4O2S. The summed E-state index contributed by atoms with van der Waals surface area (Å²) < 4.78 is 5.63. The number of ether oxygens (including phenoxy) is 1. The SMILES string of the molecule is O=C(CSc1n[nH]c(COc2ccccc2)n1)NC1CC2CCC1C2. The molecule has 0 saturated heterocycles. The average Bonchev–Trinajstić information content (AvgIpc) is 3.36. The fourth-order valence-electron chi connectivity index (χ4n) is 3.88. The van der Waals surface area contributed by atoms with Crippen LogP contribution in [0.4, 0.5) is 0 Å². The van der Waals surface area contributed by atoms with Gasteiger partial charge in [-0.15, -0.1) is 5.10 Å². The molecule has 1 aromatic heterocycles. The maximum Gasteiger partial charge on any atom is 0.230 e. The van der Waals surface area contributed by atoms with Crippen LogP contribution in [0.3, 0.4) is 0 Å². The highest BCUT2D eigenvalue weighted by atomic mass is 32.2. The molecule has 0 spiro atoms. The van der Waals surface area contributed by atoms with Crippen molar-refractivity contribution in [2.75, 3.05) is 5.75 Å². The van der Waals surface area contributed by atoms with Crippen LogP contribution in [-0.2, 0) is 11.4 Å². The summed E-state index contributed by atoms with van der Waals surface area (Å²) in [6, 6.07) is 9.96. The van der Waals surface area contributed by atoms with Gasteiger partial charge in [0, 0.05) is 6.04 Å². The third kappa shape index (κ3) is 4.15. The number of thioether (sulfide) groups is 1. The molecule has 132 valence electrons. The van der Waals surface area contributed by atoms with Gasteiger partial charge in [-0.25, -0.2) is 4.98 Å². The first kappa shape index (κ1) is 16.4. The Hall–Kier alpha value is -2.02. The second kappa shape index (κ2) is 7.47. The first-order valence-electron chi connectivity index (χ1n) is 8.77.